The van der Waals surface area contributed by atoms with Gasteiger partial charge < -0.3 is 10.1 Å². The molecular weight excluding hydrogens is 370 g/mol. The highest BCUT2D eigenvalue weighted by molar-refractivity contribution is 7.99. The van der Waals surface area contributed by atoms with Gasteiger partial charge in [0.15, 0.2) is 6.61 Å². The highest BCUT2D eigenvalue weighted by Gasteiger charge is 2.12. The van der Waals surface area contributed by atoms with Crippen LogP contribution in [0.3, 0.4) is 0 Å². The summed E-state index contributed by atoms with van der Waals surface area (Å²) in [5.74, 6) is 0.209. The quantitative estimate of drug-likeness (QED) is 0.681. The van der Waals surface area contributed by atoms with Crippen LogP contribution < -0.4 is 5.32 Å². The number of thioether (sulfide) groups is 1. The first-order valence-corrected chi connectivity index (χ1v) is 9.81. The molecule has 0 heterocycles. The number of aryl methyl sites for hydroxylation is 1. The van der Waals surface area contributed by atoms with Crippen LogP contribution >= 0.6 is 23.4 Å². The fraction of sp³-hybridized carbons (Fsp3) is 0.300. The first-order valence-electron chi connectivity index (χ1n) is 8.28. The van der Waals surface area contributed by atoms with E-state index in [-0.39, 0.29) is 24.3 Å². The number of ether oxygens (including phenoxy) is 1. The zero-order chi connectivity index (χ0) is 18.9. The minimum Gasteiger partial charge on any atom is -0.455 e. The van der Waals surface area contributed by atoms with Crippen molar-refractivity contribution in [3.05, 3.63) is 70.2 Å². The summed E-state index contributed by atoms with van der Waals surface area (Å²) in [6, 6.07) is 15.2. The van der Waals surface area contributed by atoms with Crippen molar-refractivity contribution in [2.75, 3.05) is 12.4 Å². The highest BCUT2D eigenvalue weighted by Crippen LogP contribution is 2.17. The average molecular weight is 392 g/mol. The topological polar surface area (TPSA) is 55.4 Å². The molecule has 1 atom stereocenters. The zero-order valence-corrected chi connectivity index (χ0v) is 16.4. The van der Waals surface area contributed by atoms with Gasteiger partial charge in [-0.3, -0.25) is 9.59 Å². The second kappa shape index (κ2) is 10.2. The first kappa shape index (κ1) is 20.3. The minimum atomic E-state index is -0.396. The monoisotopic (exact) mass is 391 g/mol. The van der Waals surface area contributed by atoms with Gasteiger partial charge in [-0.05, 0) is 37.1 Å². The van der Waals surface area contributed by atoms with Crippen LogP contribution in [0.25, 0.3) is 0 Å². The van der Waals surface area contributed by atoms with Crippen LogP contribution in [0.15, 0.2) is 48.5 Å². The molecule has 138 valence electrons. The standard InChI is InChI=1S/C20H22ClNO3S/c1-14-6-8-16(9-7-14)12-26-13-20(24)25-11-19(23)22-15(2)17-4-3-5-18(21)10-17/h3-10,15H,11-13H2,1-2H3,(H,22,23)/t15-/m1/s1. The zero-order valence-electron chi connectivity index (χ0n) is 14.8. The third-order valence-corrected chi connectivity index (χ3v) is 4.91. The lowest BCUT2D eigenvalue weighted by molar-refractivity contribution is -0.146. The molecule has 0 saturated heterocycles. The van der Waals surface area contributed by atoms with Crippen molar-refractivity contribution in [1.29, 1.82) is 0 Å². The lowest BCUT2D eigenvalue weighted by Crippen LogP contribution is -2.31. The summed E-state index contributed by atoms with van der Waals surface area (Å²) in [7, 11) is 0. The van der Waals surface area contributed by atoms with E-state index in [1.54, 1.807) is 12.1 Å². The Morgan fingerprint density at radius 2 is 1.92 bits per heavy atom. The molecule has 0 bridgehead atoms. The number of rotatable bonds is 8. The maximum Gasteiger partial charge on any atom is 0.316 e. The lowest BCUT2D eigenvalue weighted by Gasteiger charge is -2.14. The van der Waals surface area contributed by atoms with Crippen molar-refractivity contribution < 1.29 is 14.3 Å². The second-order valence-corrected chi connectivity index (χ2v) is 7.41. The van der Waals surface area contributed by atoms with Gasteiger partial charge in [0.25, 0.3) is 5.91 Å². The number of halogens is 1. The van der Waals surface area contributed by atoms with Gasteiger partial charge in [0.05, 0.1) is 11.8 Å². The van der Waals surface area contributed by atoms with Crippen LogP contribution in [-0.2, 0) is 20.1 Å². The summed E-state index contributed by atoms with van der Waals surface area (Å²) >= 11 is 7.41. The van der Waals surface area contributed by atoms with E-state index in [1.165, 1.54) is 17.3 Å². The van der Waals surface area contributed by atoms with Crippen LogP contribution in [0.1, 0.15) is 29.7 Å². The van der Waals surface area contributed by atoms with Gasteiger partial charge in [0, 0.05) is 10.8 Å². The molecule has 0 aliphatic rings. The maximum atomic E-state index is 11.9. The Kier molecular flexibility index (Phi) is 8.01. The maximum absolute atomic E-state index is 11.9. The number of carbonyl (C=O) groups is 2. The number of nitrogens with one attached hydrogen (secondary N) is 1. The van der Waals surface area contributed by atoms with E-state index in [2.05, 4.69) is 5.32 Å². The SMILES string of the molecule is Cc1ccc(CSCC(=O)OCC(=O)N[C@H](C)c2cccc(Cl)c2)cc1. The van der Waals surface area contributed by atoms with E-state index in [1.807, 2.05) is 50.2 Å². The van der Waals surface area contributed by atoms with Crippen molar-refractivity contribution in [3.8, 4) is 0 Å². The Morgan fingerprint density at radius 3 is 2.62 bits per heavy atom. The van der Waals surface area contributed by atoms with Crippen LogP contribution in [0.2, 0.25) is 5.02 Å². The molecule has 26 heavy (non-hydrogen) atoms. The third kappa shape index (κ3) is 7.10. The molecule has 1 N–H and O–H groups in total. The number of hydrogen-bond acceptors (Lipinski definition) is 4. The molecule has 1 amide bonds. The fourth-order valence-corrected chi connectivity index (χ4v) is 3.25. The largest absolute Gasteiger partial charge is 0.455 e. The molecule has 0 saturated carbocycles. The number of benzene rings is 2. The van der Waals surface area contributed by atoms with Gasteiger partial charge in [0.2, 0.25) is 0 Å². The molecule has 4 nitrogen and oxygen atoms in total. The smallest absolute Gasteiger partial charge is 0.316 e. The van der Waals surface area contributed by atoms with E-state index in [4.69, 9.17) is 16.3 Å². The molecule has 0 unspecified atom stereocenters. The molecule has 0 aromatic heterocycles. The van der Waals surface area contributed by atoms with Gasteiger partial charge in [0.1, 0.15) is 0 Å². The van der Waals surface area contributed by atoms with Gasteiger partial charge in [-0.1, -0.05) is 53.6 Å². The van der Waals surface area contributed by atoms with Crippen LogP contribution in [0, 0.1) is 6.92 Å². The Balaban J connectivity index is 1.66. The second-order valence-electron chi connectivity index (χ2n) is 5.98. The Hall–Kier alpha value is -1.98. The average Bonchev–Trinajstić information content (AvgIpc) is 2.61. The summed E-state index contributed by atoms with van der Waals surface area (Å²) in [6.07, 6.45) is 0. The molecule has 0 radical (unpaired) electrons. The number of amides is 1. The highest BCUT2D eigenvalue weighted by atomic mass is 35.5. The fourth-order valence-electron chi connectivity index (χ4n) is 2.27. The number of hydrogen-bond donors (Lipinski definition) is 1. The summed E-state index contributed by atoms with van der Waals surface area (Å²) in [5.41, 5.74) is 3.25. The van der Waals surface area contributed by atoms with Crippen molar-refractivity contribution >= 4 is 35.2 Å². The molecule has 6 heteroatoms. The van der Waals surface area contributed by atoms with Gasteiger partial charge in [-0.2, -0.15) is 0 Å². The van der Waals surface area contributed by atoms with E-state index in [9.17, 15) is 9.59 Å². The first-order chi connectivity index (χ1) is 12.4. The summed E-state index contributed by atoms with van der Waals surface area (Å²) < 4.78 is 5.02. The molecule has 2 aromatic rings. The van der Waals surface area contributed by atoms with Gasteiger partial charge in [-0.25, -0.2) is 0 Å². The summed E-state index contributed by atoms with van der Waals surface area (Å²) in [6.45, 7) is 3.60. The molecule has 2 rings (SSSR count). The number of carbonyl (C=O) groups excluding carboxylic acids is 2. The Morgan fingerprint density at radius 1 is 1.19 bits per heavy atom. The molecule has 2 aromatic carbocycles. The van der Waals surface area contributed by atoms with Gasteiger partial charge in [-0.15, -0.1) is 11.8 Å². The normalized spacial score (nSPS) is 11.7. The van der Waals surface area contributed by atoms with Crippen molar-refractivity contribution in [2.45, 2.75) is 25.6 Å². The van der Waals surface area contributed by atoms with Crippen LogP contribution in [0.5, 0.6) is 0 Å². The molecule has 0 fully saturated rings. The molecule has 0 aliphatic carbocycles. The predicted octanol–water partition coefficient (Wildman–Crippen LogP) is 4.30. The predicted molar refractivity (Wildman–Crippen MR) is 106 cm³/mol. The molecule has 0 spiro atoms. The summed E-state index contributed by atoms with van der Waals surface area (Å²) in [5, 5.41) is 3.40. The van der Waals surface area contributed by atoms with Crippen molar-refractivity contribution in [3.63, 3.8) is 0 Å². The Bertz CT molecular complexity index is 749. The van der Waals surface area contributed by atoms with E-state index in [0.717, 1.165) is 16.9 Å². The third-order valence-electron chi connectivity index (χ3n) is 3.70. The van der Waals surface area contributed by atoms with Crippen LogP contribution in [0.4, 0.5) is 0 Å². The molecule has 0 aliphatic heterocycles. The van der Waals surface area contributed by atoms with Crippen molar-refractivity contribution in [1.82, 2.24) is 5.32 Å². The van der Waals surface area contributed by atoms with E-state index >= 15 is 0 Å². The summed E-state index contributed by atoms with van der Waals surface area (Å²) in [4.78, 5) is 23.7. The van der Waals surface area contributed by atoms with Gasteiger partial charge >= 0.3 is 5.97 Å². The minimum absolute atomic E-state index is 0.212. The van der Waals surface area contributed by atoms with Crippen LogP contribution in [-0.4, -0.2) is 24.2 Å². The number of esters is 1. The molecular formula is C20H22ClNO3S. The lowest BCUT2D eigenvalue weighted by atomic mass is 10.1. The van der Waals surface area contributed by atoms with E-state index < -0.39 is 5.97 Å². The van der Waals surface area contributed by atoms with Crippen molar-refractivity contribution in [2.24, 2.45) is 0 Å². The van der Waals surface area contributed by atoms with E-state index in [0.29, 0.717) is 5.02 Å². The Labute approximate surface area is 163 Å².